The van der Waals surface area contributed by atoms with Crippen molar-refractivity contribution in [2.75, 3.05) is 26.7 Å². The number of amides is 2. The molecule has 5 nitrogen and oxygen atoms in total. The monoisotopic (exact) mass is 219 g/mol. The number of pyridine rings is 1. The molecule has 0 spiro atoms. The van der Waals surface area contributed by atoms with E-state index in [2.05, 4.69) is 4.98 Å². The number of nitrogens with zero attached hydrogens (tertiary/aromatic N) is 3. The normalized spacial score (nSPS) is 16.4. The van der Waals surface area contributed by atoms with E-state index in [1.165, 1.54) is 4.90 Å². The van der Waals surface area contributed by atoms with Crippen LogP contribution in [0.25, 0.3) is 0 Å². The highest BCUT2D eigenvalue weighted by molar-refractivity contribution is 5.95. The quantitative estimate of drug-likeness (QED) is 0.668. The first-order valence-electron chi connectivity index (χ1n) is 5.13. The van der Waals surface area contributed by atoms with Gasteiger partial charge in [-0.3, -0.25) is 14.6 Å². The number of piperazine rings is 1. The van der Waals surface area contributed by atoms with Gasteiger partial charge in [0.05, 0.1) is 0 Å². The van der Waals surface area contributed by atoms with Crippen LogP contribution < -0.4 is 0 Å². The molecule has 2 rings (SSSR count). The Kier molecular flexibility index (Phi) is 2.85. The summed E-state index contributed by atoms with van der Waals surface area (Å²) < 4.78 is 0. The van der Waals surface area contributed by atoms with Crippen LogP contribution in [0.4, 0.5) is 0 Å². The zero-order chi connectivity index (χ0) is 11.5. The number of rotatable bonds is 1. The van der Waals surface area contributed by atoms with Crippen molar-refractivity contribution in [2.45, 2.75) is 0 Å². The van der Waals surface area contributed by atoms with Crippen LogP contribution in [0.2, 0.25) is 0 Å². The van der Waals surface area contributed by atoms with Gasteiger partial charge in [-0.1, -0.05) is 6.07 Å². The van der Waals surface area contributed by atoms with E-state index >= 15 is 0 Å². The summed E-state index contributed by atoms with van der Waals surface area (Å²) in [7, 11) is 1.74. The fourth-order valence-electron chi connectivity index (χ4n) is 1.58. The largest absolute Gasteiger partial charge is 0.342 e. The van der Waals surface area contributed by atoms with E-state index in [1.807, 2.05) is 0 Å². The zero-order valence-corrected chi connectivity index (χ0v) is 9.09. The van der Waals surface area contributed by atoms with Gasteiger partial charge in [0.25, 0.3) is 5.91 Å². The van der Waals surface area contributed by atoms with E-state index in [9.17, 15) is 9.59 Å². The van der Waals surface area contributed by atoms with Gasteiger partial charge in [0, 0.05) is 26.3 Å². The topological polar surface area (TPSA) is 53.5 Å². The molecule has 0 N–H and O–H groups in total. The minimum Gasteiger partial charge on any atom is -0.342 e. The predicted octanol–water partition coefficient (Wildman–Crippen LogP) is -0.00420. The van der Waals surface area contributed by atoms with Gasteiger partial charge in [0.15, 0.2) is 0 Å². The molecule has 1 aromatic rings. The molecule has 16 heavy (non-hydrogen) atoms. The molecular formula is C11H13N3O2. The number of hydrogen-bond donors (Lipinski definition) is 0. The Morgan fingerprint density at radius 3 is 2.81 bits per heavy atom. The molecule has 0 saturated carbocycles. The Hall–Kier alpha value is -1.91. The molecule has 84 valence electrons. The summed E-state index contributed by atoms with van der Waals surface area (Å²) in [4.78, 5) is 30.5. The van der Waals surface area contributed by atoms with Gasteiger partial charge >= 0.3 is 0 Å². The minimum atomic E-state index is -0.179. The second-order valence-corrected chi connectivity index (χ2v) is 3.76. The van der Waals surface area contributed by atoms with Crippen LogP contribution in [0.1, 0.15) is 10.5 Å². The Balaban J connectivity index is 2.09. The number of aromatic nitrogens is 1. The molecule has 0 unspecified atom stereocenters. The molecule has 1 aliphatic rings. The molecule has 1 aliphatic heterocycles. The van der Waals surface area contributed by atoms with Crippen LogP contribution in [-0.4, -0.2) is 53.3 Å². The Morgan fingerprint density at radius 2 is 2.19 bits per heavy atom. The maximum Gasteiger partial charge on any atom is 0.272 e. The molecule has 0 aromatic carbocycles. The molecule has 5 heteroatoms. The van der Waals surface area contributed by atoms with Gasteiger partial charge in [0.2, 0.25) is 5.91 Å². The van der Waals surface area contributed by atoms with Crippen molar-refractivity contribution < 1.29 is 9.59 Å². The summed E-state index contributed by atoms with van der Waals surface area (Å²) in [5.41, 5.74) is 0.389. The van der Waals surface area contributed by atoms with Crippen LogP contribution in [0.15, 0.2) is 24.4 Å². The summed E-state index contributed by atoms with van der Waals surface area (Å²) in [6.07, 6.45) is 1.57. The number of carbonyl (C=O) groups excluding carboxylic acids is 2. The number of likely N-dealkylation sites (N-methyl/N-ethyl adjacent to an activating group) is 1. The molecule has 0 aliphatic carbocycles. The number of hydrogen-bond acceptors (Lipinski definition) is 3. The van der Waals surface area contributed by atoms with Gasteiger partial charge in [-0.15, -0.1) is 0 Å². The van der Waals surface area contributed by atoms with Gasteiger partial charge < -0.3 is 9.80 Å². The molecule has 1 aromatic heterocycles. The lowest BCUT2D eigenvalue weighted by Gasteiger charge is -2.31. The third kappa shape index (κ3) is 2.03. The summed E-state index contributed by atoms with van der Waals surface area (Å²) in [6, 6.07) is 5.18. The van der Waals surface area contributed by atoms with Gasteiger partial charge in [-0.2, -0.15) is 0 Å². The van der Waals surface area contributed by atoms with Gasteiger partial charge in [-0.25, -0.2) is 0 Å². The fraction of sp³-hybridized carbons (Fsp3) is 0.364. The Morgan fingerprint density at radius 1 is 1.38 bits per heavy atom. The van der Waals surface area contributed by atoms with Crippen molar-refractivity contribution >= 4 is 11.8 Å². The molecular weight excluding hydrogens is 206 g/mol. The first-order chi connectivity index (χ1) is 7.68. The molecule has 2 amide bonds. The molecule has 0 radical (unpaired) electrons. The Bertz CT molecular complexity index is 405. The van der Waals surface area contributed by atoms with Gasteiger partial charge in [-0.05, 0) is 12.1 Å². The average molecular weight is 219 g/mol. The second-order valence-electron chi connectivity index (χ2n) is 3.76. The fourth-order valence-corrected chi connectivity index (χ4v) is 1.58. The van der Waals surface area contributed by atoms with Crippen LogP contribution in [-0.2, 0) is 4.79 Å². The van der Waals surface area contributed by atoms with Gasteiger partial charge in [0.1, 0.15) is 12.2 Å². The minimum absolute atomic E-state index is 0.0319. The van der Waals surface area contributed by atoms with Crippen molar-refractivity contribution in [3.8, 4) is 0 Å². The predicted molar refractivity (Wildman–Crippen MR) is 57.8 cm³/mol. The van der Waals surface area contributed by atoms with Crippen molar-refractivity contribution in [2.24, 2.45) is 0 Å². The van der Waals surface area contributed by atoms with E-state index < -0.39 is 0 Å². The molecule has 1 saturated heterocycles. The standard InChI is InChI=1S/C11H13N3O2/c1-13-6-7-14(8-10(13)15)11(16)9-4-2-3-5-12-9/h2-5H,6-8H2,1H3. The highest BCUT2D eigenvalue weighted by Gasteiger charge is 2.25. The van der Waals surface area contributed by atoms with Crippen molar-refractivity contribution in [3.63, 3.8) is 0 Å². The SMILES string of the molecule is CN1CCN(C(=O)c2ccccn2)CC1=O. The molecule has 2 heterocycles. The van der Waals surface area contributed by atoms with Crippen LogP contribution >= 0.6 is 0 Å². The lowest BCUT2D eigenvalue weighted by atomic mass is 10.2. The van der Waals surface area contributed by atoms with E-state index in [0.29, 0.717) is 18.8 Å². The van der Waals surface area contributed by atoms with Crippen LogP contribution in [0, 0.1) is 0 Å². The maximum atomic E-state index is 11.9. The second kappa shape index (κ2) is 4.30. The lowest BCUT2D eigenvalue weighted by Crippen LogP contribution is -2.50. The molecule has 1 fully saturated rings. The third-order valence-electron chi connectivity index (χ3n) is 2.63. The average Bonchev–Trinajstić information content (AvgIpc) is 2.33. The van der Waals surface area contributed by atoms with E-state index in [-0.39, 0.29) is 18.4 Å². The van der Waals surface area contributed by atoms with Crippen LogP contribution in [0.3, 0.4) is 0 Å². The third-order valence-corrected chi connectivity index (χ3v) is 2.63. The zero-order valence-electron chi connectivity index (χ0n) is 9.09. The lowest BCUT2D eigenvalue weighted by molar-refractivity contribution is -0.133. The Labute approximate surface area is 93.7 Å². The van der Waals surface area contributed by atoms with E-state index in [0.717, 1.165) is 0 Å². The van der Waals surface area contributed by atoms with E-state index in [1.54, 1.807) is 36.3 Å². The van der Waals surface area contributed by atoms with Crippen molar-refractivity contribution in [3.05, 3.63) is 30.1 Å². The first kappa shape index (κ1) is 10.6. The first-order valence-corrected chi connectivity index (χ1v) is 5.13. The van der Waals surface area contributed by atoms with Crippen molar-refractivity contribution in [1.82, 2.24) is 14.8 Å². The van der Waals surface area contributed by atoms with E-state index in [4.69, 9.17) is 0 Å². The molecule has 0 atom stereocenters. The summed E-state index contributed by atoms with van der Waals surface area (Å²) >= 11 is 0. The number of carbonyl (C=O) groups is 2. The summed E-state index contributed by atoms with van der Waals surface area (Å²) in [5.74, 6) is -0.211. The van der Waals surface area contributed by atoms with Crippen molar-refractivity contribution in [1.29, 1.82) is 0 Å². The maximum absolute atomic E-state index is 11.9. The highest BCUT2D eigenvalue weighted by atomic mass is 16.2. The van der Waals surface area contributed by atoms with Crippen LogP contribution in [0.5, 0.6) is 0 Å². The molecule has 0 bridgehead atoms. The summed E-state index contributed by atoms with van der Waals surface area (Å²) in [5, 5.41) is 0. The smallest absolute Gasteiger partial charge is 0.272 e. The highest BCUT2D eigenvalue weighted by Crippen LogP contribution is 2.06. The summed E-state index contributed by atoms with van der Waals surface area (Å²) in [6.45, 7) is 1.29.